The van der Waals surface area contributed by atoms with Crippen LogP contribution in [-0.2, 0) is 19.0 Å². The van der Waals surface area contributed by atoms with E-state index in [0.717, 1.165) is 19.3 Å². The zero-order chi connectivity index (χ0) is 27.5. The molecule has 0 aromatic heterocycles. The molecule has 0 heterocycles. The standard InChI is InChI=1S/C32H44O6/c1-3-5-6-7-8-9-10-11-18-23-29(33)36-24-32(4-2,25-37-30(34)27-19-14-12-15-20-27)26-38-31(35)28-21-16-13-17-22-28/h12-17,19-22H,3-11,18,23-26H2,1-2H3. The maximum atomic E-state index is 12.6. The van der Waals surface area contributed by atoms with Gasteiger partial charge in [0.05, 0.1) is 16.5 Å². The number of benzene rings is 2. The summed E-state index contributed by atoms with van der Waals surface area (Å²) in [4.78, 5) is 37.6. The molecule has 208 valence electrons. The molecule has 0 unspecified atom stereocenters. The van der Waals surface area contributed by atoms with Crippen molar-refractivity contribution < 1.29 is 28.6 Å². The molecular weight excluding hydrogens is 480 g/mol. The van der Waals surface area contributed by atoms with E-state index < -0.39 is 17.4 Å². The molecule has 2 rings (SSSR count). The van der Waals surface area contributed by atoms with Gasteiger partial charge >= 0.3 is 17.9 Å². The normalized spacial score (nSPS) is 11.1. The summed E-state index contributed by atoms with van der Waals surface area (Å²) in [7, 11) is 0. The van der Waals surface area contributed by atoms with Crippen molar-refractivity contribution in [1.29, 1.82) is 0 Å². The van der Waals surface area contributed by atoms with Gasteiger partial charge in [0.25, 0.3) is 0 Å². The molecule has 0 saturated carbocycles. The number of hydrogen-bond donors (Lipinski definition) is 0. The fourth-order valence-corrected chi connectivity index (χ4v) is 4.07. The van der Waals surface area contributed by atoms with Crippen LogP contribution in [0.2, 0.25) is 0 Å². The number of carbonyl (C=O) groups is 3. The Hall–Kier alpha value is -3.15. The molecule has 0 saturated heterocycles. The third kappa shape index (κ3) is 11.9. The molecule has 0 radical (unpaired) electrons. The van der Waals surface area contributed by atoms with Crippen LogP contribution < -0.4 is 0 Å². The largest absolute Gasteiger partial charge is 0.465 e. The maximum absolute atomic E-state index is 12.6. The summed E-state index contributed by atoms with van der Waals surface area (Å²) in [6, 6.07) is 17.4. The molecule has 0 bridgehead atoms. The lowest BCUT2D eigenvalue weighted by Crippen LogP contribution is -2.39. The van der Waals surface area contributed by atoms with Crippen molar-refractivity contribution in [2.24, 2.45) is 5.41 Å². The van der Waals surface area contributed by atoms with Gasteiger partial charge in [-0.05, 0) is 37.1 Å². The molecule has 2 aromatic carbocycles. The van der Waals surface area contributed by atoms with Crippen LogP contribution >= 0.6 is 0 Å². The monoisotopic (exact) mass is 524 g/mol. The van der Waals surface area contributed by atoms with Crippen LogP contribution in [0.15, 0.2) is 60.7 Å². The van der Waals surface area contributed by atoms with Gasteiger partial charge in [-0.15, -0.1) is 0 Å². The highest BCUT2D eigenvalue weighted by Gasteiger charge is 2.34. The van der Waals surface area contributed by atoms with Crippen molar-refractivity contribution in [1.82, 2.24) is 0 Å². The second-order valence-corrected chi connectivity index (χ2v) is 9.98. The fourth-order valence-electron chi connectivity index (χ4n) is 4.07. The number of ether oxygens (including phenoxy) is 3. The van der Waals surface area contributed by atoms with E-state index in [2.05, 4.69) is 6.92 Å². The summed E-state index contributed by atoms with van der Waals surface area (Å²) in [5, 5.41) is 0. The Balaban J connectivity index is 1.87. The van der Waals surface area contributed by atoms with Gasteiger partial charge in [0, 0.05) is 6.42 Å². The second-order valence-electron chi connectivity index (χ2n) is 9.98. The average molecular weight is 525 g/mol. The van der Waals surface area contributed by atoms with Gasteiger partial charge in [0.15, 0.2) is 0 Å². The topological polar surface area (TPSA) is 78.9 Å². The molecule has 0 fully saturated rings. The van der Waals surface area contributed by atoms with Crippen molar-refractivity contribution in [2.75, 3.05) is 19.8 Å². The van der Waals surface area contributed by atoms with Gasteiger partial charge in [-0.25, -0.2) is 9.59 Å². The van der Waals surface area contributed by atoms with Gasteiger partial charge < -0.3 is 14.2 Å². The first-order valence-electron chi connectivity index (χ1n) is 14.1. The Bertz CT molecular complexity index is 885. The lowest BCUT2D eigenvalue weighted by Gasteiger charge is -2.31. The molecule has 0 N–H and O–H groups in total. The van der Waals surface area contributed by atoms with E-state index in [1.54, 1.807) is 48.5 Å². The lowest BCUT2D eigenvalue weighted by atomic mass is 9.88. The van der Waals surface area contributed by atoms with E-state index in [9.17, 15) is 14.4 Å². The predicted octanol–water partition coefficient (Wildman–Crippen LogP) is 7.56. The van der Waals surface area contributed by atoms with Crippen LogP contribution in [0.1, 0.15) is 105 Å². The first-order valence-corrected chi connectivity index (χ1v) is 14.1. The Morgan fingerprint density at radius 3 is 1.45 bits per heavy atom. The quantitative estimate of drug-likeness (QED) is 0.107. The van der Waals surface area contributed by atoms with E-state index in [0.29, 0.717) is 24.0 Å². The Kier molecular flexibility index (Phi) is 14.8. The van der Waals surface area contributed by atoms with E-state index in [1.807, 2.05) is 19.1 Å². The molecule has 38 heavy (non-hydrogen) atoms. The molecular formula is C32H44O6. The third-order valence-electron chi connectivity index (χ3n) is 6.81. The van der Waals surface area contributed by atoms with Crippen LogP contribution in [-0.4, -0.2) is 37.7 Å². The first kappa shape index (κ1) is 31.1. The van der Waals surface area contributed by atoms with Gasteiger partial charge in [-0.1, -0.05) is 102 Å². The predicted molar refractivity (Wildman–Crippen MR) is 149 cm³/mol. The summed E-state index contributed by atoms with van der Waals surface area (Å²) >= 11 is 0. The van der Waals surface area contributed by atoms with Crippen LogP contribution in [0, 0.1) is 5.41 Å². The highest BCUT2D eigenvalue weighted by Crippen LogP contribution is 2.26. The molecule has 2 aromatic rings. The summed E-state index contributed by atoms with van der Waals surface area (Å²) in [6.07, 6.45) is 11.4. The van der Waals surface area contributed by atoms with Crippen LogP contribution in [0.25, 0.3) is 0 Å². The van der Waals surface area contributed by atoms with Crippen LogP contribution in [0.5, 0.6) is 0 Å². The van der Waals surface area contributed by atoms with Crippen molar-refractivity contribution in [2.45, 2.75) is 84.5 Å². The van der Waals surface area contributed by atoms with Gasteiger partial charge in [-0.2, -0.15) is 0 Å². The smallest absolute Gasteiger partial charge is 0.338 e. The molecule has 0 aliphatic rings. The van der Waals surface area contributed by atoms with Crippen LogP contribution in [0.4, 0.5) is 0 Å². The zero-order valence-electron chi connectivity index (χ0n) is 23.1. The summed E-state index contributed by atoms with van der Waals surface area (Å²) in [5.41, 5.74) is 0.0190. The van der Waals surface area contributed by atoms with Crippen molar-refractivity contribution in [3.05, 3.63) is 71.8 Å². The molecule has 6 nitrogen and oxygen atoms in total. The minimum absolute atomic E-state index is 0.00387. The molecule has 0 aliphatic heterocycles. The van der Waals surface area contributed by atoms with Gasteiger partial charge in [-0.3, -0.25) is 4.79 Å². The number of carbonyl (C=O) groups excluding carboxylic acids is 3. The van der Waals surface area contributed by atoms with E-state index >= 15 is 0 Å². The molecule has 0 spiro atoms. The highest BCUT2D eigenvalue weighted by molar-refractivity contribution is 5.89. The zero-order valence-corrected chi connectivity index (χ0v) is 23.1. The third-order valence-corrected chi connectivity index (χ3v) is 6.81. The maximum Gasteiger partial charge on any atom is 0.338 e. The van der Waals surface area contributed by atoms with Gasteiger partial charge in [0.2, 0.25) is 0 Å². The van der Waals surface area contributed by atoms with Gasteiger partial charge in [0.1, 0.15) is 19.8 Å². The number of unbranched alkanes of at least 4 members (excludes halogenated alkanes) is 8. The summed E-state index contributed by atoms with van der Waals surface area (Å²) in [5.74, 6) is -1.23. The molecule has 0 atom stereocenters. The lowest BCUT2D eigenvalue weighted by molar-refractivity contribution is -0.150. The second kappa shape index (κ2) is 18.2. The average Bonchev–Trinajstić information content (AvgIpc) is 2.96. The summed E-state index contributed by atoms with van der Waals surface area (Å²) in [6.45, 7) is 4.05. The molecule has 0 amide bonds. The number of esters is 3. The van der Waals surface area contributed by atoms with E-state index in [4.69, 9.17) is 14.2 Å². The molecule has 6 heteroatoms. The van der Waals surface area contributed by atoms with Crippen molar-refractivity contribution in [3.63, 3.8) is 0 Å². The number of hydrogen-bond acceptors (Lipinski definition) is 6. The SMILES string of the molecule is CCCCCCCCCCCC(=O)OCC(CC)(COC(=O)c1ccccc1)COC(=O)c1ccccc1. The highest BCUT2D eigenvalue weighted by atomic mass is 16.6. The minimum atomic E-state index is -0.844. The Morgan fingerprint density at radius 1 is 0.579 bits per heavy atom. The Labute approximate surface area is 228 Å². The van der Waals surface area contributed by atoms with Crippen molar-refractivity contribution in [3.8, 4) is 0 Å². The fraction of sp³-hybridized carbons (Fsp3) is 0.531. The number of rotatable bonds is 19. The summed E-state index contributed by atoms with van der Waals surface area (Å²) < 4.78 is 16.8. The van der Waals surface area contributed by atoms with E-state index in [1.165, 1.54) is 38.5 Å². The first-order chi connectivity index (χ1) is 18.5. The van der Waals surface area contributed by atoms with Crippen molar-refractivity contribution >= 4 is 17.9 Å². The Morgan fingerprint density at radius 2 is 1.00 bits per heavy atom. The minimum Gasteiger partial charge on any atom is -0.465 e. The van der Waals surface area contributed by atoms with Crippen LogP contribution in [0.3, 0.4) is 0 Å². The molecule has 0 aliphatic carbocycles. The van der Waals surface area contributed by atoms with E-state index in [-0.39, 0.29) is 25.8 Å².